The Hall–Kier alpha value is -1.29. The predicted octanol–water partition coefficient (Wildman–Crippen LogP) is 2.94. The van der Waals surface area contributed by atoms with Gasteiger partial charge in [-0.3, -0.25) is 0 Å². The van der Waals surface area contributed by atoms with Gasteiger partial charge in [-0.15, -0.1) is 21.8 Å². The third kappa shape index (κ3) is 1.65. The molecule has 2 rings (SSSR count). The molecule has 4 nitrogen and oxygen atoms in total. The van der Waals surface area contributed by atoms with Crippen molar-refractivity contribution >= 4 is 11.6 Å². The van der Waals surface area contributed by atoms with Crippen molar-refractivity contribution in [2.24, 2.45) is 0 Å². The zero-order valence-electron chi connectivity index (χ0n) is 7.82. The van der Waals surface area contributed by atoms with Crippen LogP contribution in [0, 0.1) is 6.92 Å². The molecule has 2 aromatic heterocycles. The van der Waals surface area contributed by atoms with Crippen LogP contribution in [0.2, 0.25) is 0 Å². The Bertz CT molecular complexity index is 433. The van der Waals surface area contributed by atoms with E-state index in [1.807, 2.05) is 13.0 Å². The SMILES string of the molecule is Cc1ccc(-c2nnc(C(C)Cl)o2)o1. The van der Waals surface area contributed by atoms with Gasteiger partial charge < -0.3 is 8.83 Å². The minimum absolute atomic E-state index is 0.285. The third-order valence-electron chi connectivity index (χ3n) is 1.73. The summed E-state index contributed by atoms with van der Waals surface area (Å²) in [6.07, 6.45) is 0. The molecule has 2 aromatic rings. The van der Waals surface area contributed by atoms with Crippen molar-refractivity contribution in [2.75, 3.05) is 0 Å². The van der Waals surface area contributed by atoms with Crippen molar-refractivity contribution < 1.29 is 8.83 Å². The number of nitrogens with zero attached hydrogens (tertiary/aromatic N) is 2. The van der Waals surface area contributed by atoms with Gasteiger partial charge in [-0.25, -0.2) is 0 Å². The van der Waals surface area contributed by atoms with Crippen LogP contribution in [0.5, 0.6) is 0 Å². The first-order valence-electron chi connectivity index (χ1n) is 4.21. The lowest BCUT2D eigenvalue weighted by Gasteiger charge is -1.91. The summed E-state index contributed by atoms with van der Waals surface area (Å²) in [5.41, 5.74) is 0. The highest BCUT2D eigenvalue weighted by atomic mass is 35.5. The van der Waals surface area contributed by atoms with Crippen LogP contribution in [0.3, 0.4) is 0 Å². The standard InChI is InChI=1S/C9H9ClN2O2/c1-5-3-4-7(13-5)9-12-11-8(14-9)6(2)10/h3-4,6H,1-2H3. The van der Waals surface area contributed by atoms with Crippen molar-refractivity contribution in [1.29, 1.82) is 0 Å². The zero-order chi connectivity index (χ0) is 10.1. The predicted molar refractivity (Wildman–Crippen MR) is 51.0 cm³/mol. The van der Waals surface area contributed by atoms with Crippen molar-refractivity contribution in [2.45, 2.75) is 19.2 Å². The highest BCUT2D eigenvalue weighted by molar-refractivity contribution is 6.20. The third-order valence-corrected chi connectivity index (χ3v) is 1.92. The molecule has 0 aliphatic rings. The Labute approximate surface area is 85.9 Å². The Morgan fingerprint density at radius 2 is 2.07 bits per heavy atom. The Morgan fingerprint density at radius 1 is 1.29 bits per heavy atom. The maximum atomic E-state index is 5.78. The van der Waals surface area contributed by atoms with Crippen molar-refractivity contribution in [3.05, 3.63) is 23.8 Å². The van der Waals surface area contributed by atoms with Crippen LogP contribution < -0.4 is 0 Å². The van der Waals surface area contributed by atoms with Gasteiger partial charge in [0.25, 0.3) is 5.89 Å². The minimum atomic E-state index is -0.285. The Kier molecular flexibility index (Phi) is 2.29. The summed E-state index contributed by atoms with van der Waals surface area (Å²) in [5, 5.41) is 7.33. The number of aromatic nitrogens is 2. The topological polar surface area (TPSA) is 52.1 Å². The molecule has 2 heterocycles. The molecule has 1 atom stereocenters. The van der Waals surface area contributed by atoms with Gasteiger partial charge in [0.1, 0.15) is 11.1 Å². The zero-order valence-corrected chi connectivity index (χ0v) is 8.58. The molecule has 0 amide bonds. The maximum absolute atomic E-state index is 5.78. The highest BCUT2D eigenvalue weighted by Crippen LogP contribution is 2.24. The molecular weight excluding hydrogens is 204 g/mol. The quantitative estimate of drug-likeness (QED) is 0.719. The summed E-state index contributed by atoms with van der Waals surface area (Å²) in [4.78, 5) is 0. The van der Waals surface area contributed by atoms with Gasteiger partial charge in [-0.05, 0) is 26.0 Å². The van der Waals surface area contributed by atoms with Gasteiger partial charge in [0.05, 0.1) is 0 Å². The molecule has 0 spiro atoms. The monoisotopic (exact) mass is 212 g/mol. The van der Waals surface area contributed by atoms with E-state index < -0.39 is 0 Å². The number of halogens is 1. The van der Waals surface area contributed by atoms with Gasteiger partial charge in [-0.1, -0.05) is 0 Å². The fraction of sp³-hybridized carbons (Fsp3) is 0.333. The molecule has 0 saturated carbocycles. The largest absolute Gasteiger partial charge is 0.456 e. The summed E-state index contributed by atoms with van der Waals surface area (Å²) in [6, 6.07) is 3.62. The Balaban J connectivity index is 2.33. The number of hydrogen-bond acceptors (Lipinski definition) is 4. The summed E-state index contributed by atoms with van der Waals surface area (Å²) < 4.78 is 10.6. The minimum Gasteiger partial charge on any atom is -0.456 e. The van der Waals surface area contributed by atoms with Crippen molar-refractivity contribution in [1.82, 2.24) is 10.2 Å². The number of alkyl halides is 1. The molecule has 14 heavy (non-hydrogen) atoms. The van der Waals surface area contributed by atoms with Crippen molar-refractivity contribution in [3.63, 3.8) is 0 Å². The van der Waals surface area contributed by atoms with Gasteiger partial charge in [0.15, 0.2) is 5.76 Å². The second-order valence-corrected chi connectivity index (χ2v) is 3.63. The summed E-state index contributed by atoms with van der Waals surface area (Å²) in [5.74, 6) is 2.13. The summed E-state index contributed by atoms with van der Waals surface area (Å²) in [7, 11) is 0. The van der Waals surface area contributed by atoms with E-state index in [9.17, 15) is 0 Å². The van der Waals surface area contributed by atoms with Crippen LogP contribution in [-0.4, -0.2) is 10.2 Å². The maximum Gasteiger partial charge on any atom is 0.283 e. The smallest absolute Gasteiger partial charge is 0.283 e. The molecule has 0 fully saturated rings. The fourth-order valence-electron chi connectivity index (χ4n) is 1.04. The van der Waals surface area contributed by atoms with E-state index in [0.29, 0.717) is 17.5 Å². The number of rotatable bonds is 2. The lowest BCUT2D eigenvalue weighted by atomic mass is 10.4. The van der Waals surface area contributed by atoms with E-state index in [2.05, 4.69) is 10.2 Å². The fourth-order valence-corrected chi connectivity index (χ4v) is 1.13. The van der Waals surface area contributed by atoms with Crippen LogP contribution >= 0.6 is 11.6 Å². The molecule has 0 saturated heterocycles. The molecule has 1 unspecified atom stereocenters. The average Bonchev–Trinajstić information content (AvgIpc) is 2.70. The van der Waals surface area contributed by atoms with Gasteiger partial charge in [-0.2, -0.15) is 0 Å². The van der Waals surface area contributed by atoms with Crippen LogP contribution in [0.15, 0.2) is 21.0 Å². The molecule has 0 radical (unpaired) electrons. The normalized spacial score (nSPS) is 13.1. The molecule has 0 aromatic carbocycles. The Morgan fingerprint density at radius 3 is 2.57 bits per heavy atom. The summed E-state index contributed by atoms with van der Waals surface area (Å²) in [6.45, 7) is 3.62. The molecular formula is C9H9ClN2O2. The van der Waals surface area contributed by atoms with E-state index in [4.69, 9.17) is 20.4 Å². The highest BCUT2D eigenvalue weighted by Gasteiger charge is 2.14. The lowest BCUT2D eigenvalue weighted by molar-refractivity contribution is 0.473. The first-order valence-corrected chi connectivity index (χ1v) is 4.65. The molecule has 74 valence electrons. The second-order valence-electron chi connectivity index (χ2n) is 2.97. The number of aryl methyl sites for hydroxylation is 1. The molecule has 5 heteroatoms. The second kappa shape index (κ2) is 3.46. The van der Waals surface area contributed by atoms with Crippen LogP contribution in [-0.2, 0) is 0 Å². The van der Waals surface area contributed by atoms with E-state index >= 15 is 0 Å². The van der Waals surface area contributed by atoms with Gasteiger partial charge >= 0.3 is 0 Å². The van der Waals surface area contributed by atoms with E-state index in [0.717, 1.165) is 5.76 Å². The van der Waals surface area contributed by atoms with Gasteiger partial charge in [0.2, 0.25) is 5.89 Å². The van der Waals surface area contributed by atoms with E-state index in [1.165, 1.54) is 0 Å². The summed E-state index contributed by atoms with van der Waals surface area (Å²) >= 11 is 5.78. The lowest BCUT2D eigenvalue weighted by Crippen LogP contribution is -1.81. The molecule has 0 bridgehead atoms. The van der Waals surface area contributed by atoms with E-state index in [-0.39, 0.29) is 5.38 Å². The average molecular weight is 213 g/mol. The van der Waals surface area contributed by atoms with Gasteiger partial charge in [0, 0.05) is 0 Å². The molecule has 0 aliphatic carbocycles. The molecule has 0 N–H and O–H groups in total. The number of hydrogen-bond donors (Lipinski definition) is 0. The molecule has 0 aliphatic heterocycles. The van der Waals surface area contributed by atoms with Crippen LogP contribution in [0.25, 0.3) is 11.7 Å². The first-order chi connectivity index (χ1) is 6.66. The first kappa shape index (κ1) is 9.27. The van der Waals surface area contributed by atoms with Crippen molar-refractivity contribution in [3.8, 4) is 11.7 Å². The van der Waals surface area contributed by atoms with Crippen LogP contribution in [0.4, 0.5) is 0 Å². The number of furan rings is 1. The van der Waals surface area contributed by atoms with Crippen LogP contribution in [0.1, 0.15) is 24.0 Å². The van der Waals surface area contributed by atoms with E-state index in [1.54, 1.807) is 13.0 Å².